The van der Waals surface area contributed by atoms with Crippen LogP contribution in [0.25, 0.3) is 6.08 Å². The highest BCUT2D eigenvalue weighted by atomic mass is 79.9. The number of likely N-dealkylation sites (N-methyl/N-ethyl adjacent to an activating group) is 1. The van der Waals surface area contributed by atoms with Crippen molar-refractivity contribution in [1.29, 1.82) is 0 Å². The number of carbonyl (C=O) groups excluding carboxylic acids is 1. The van der Waals surface area contributed by atoms with Crippen molar-refractivity contribution < 1.29 is 17.9 Å². The Balaban J connectivity index is 1.70. The molecule has 1 amide bonds. The Bertz CT molecular complexity index is 1020. The van der Waals surface area contributed by atoms with Crippen LogP contribution in [0, 0.1) is 0 Å². The zero-order chi connectivity index (χ0) is 21.0. The summed E-state index contributed by atoms with van der Waals surface area (Å²) in [6.45, 7) is 1.50. The van der Waals surface area contributed by atoms with Gasteiger partial charge in [0.05, 0.1) is 28.8 Å². The van der Waals surface area contributed by atoms with Crippen LogP contribution in [0.2, 0.25) is 5.02 Å². The second-order valence-corrected chi connectivity index (χ2v) is 9.67. The van der Waals surface area contributed by atoms with Crippen molar-refractivity contribution in [2.24, 2.45) is 0 Å². The van der Waals surface area contributed by atoms with Crippen LogP contribution in [0.1, 0.15) is 5.56 Å². The maximum Gasteiger partial charge on any atom is 0.250 e. The third-order valence-corrected chi connectivity index (χ3v) is 7.22. The highest BCUT2D eigenvalue weighted by Gasteiger charge is 2.25. The predicted molar refractivity (Wildman–Crippen MR) is 118 cm³/mol. The molecule has 1 saturated heterocycles. The van der Waals surface area contributed by atoms with Crippen LogP contribution in [0.15, 0.2) is 57.9 Å². The molecule has 1 fully saturated rings. The minimum atomic E-state index is -3.53. The molecule has 1 aliphatic rings. The number of rotatable bonds is 5. The first kappa shape index (κ1) is 22.0. The van der Waals surface area contributed by atoms with Crippen molar-refractivity contribution in [3.8, 4) is 0 Å². The zero-order valence-corrected chi connectivity index (χ0v) is 18.9. The number of benzene rings is 2. The molecule has 0 saturated carbocycles. The Hall–Kier alpha value is -1.71. The standard InChI is InChI=1S/C20H20BrClN2O4S/c1-23(19-8-5-16(21)14-18(19)22)20(25)9-4-15-2-6-17(7-3-15)29(26,27)24-10-12-28-13-11-24/h2-9,14H,10-13H2,1H3/b9-4+. The van der Waals surface area contributed by atoms with E-state index in [-0.39, 0.29) is 10.8 Å². The van der Waals surface area contributed by atoms with E-state index in [1.54, 1.807) is 49.5 Å². The quantitative estimate of drug-likeness (QED) is 0.587. The summed E-state index contributed by atoms with van der Waals surface area (Å²) >= 11 is 9.53. The number of carbonyl (C=O) groups is 1. The SMILES string of the molecule is CN(C(=O)/C=C/c1ccc(S(=O)(=O)N2CCOCC2)cc1)c1ccc(Br)cc1Cl. The minimum Gasteiger partial charge on any atom is -0.379 e. The van der Waals surface area contributed by atoms with Crippen LogP contribution < -0.4 is 4.90 Å². The Morgan fingerprint density at radius 1 is 1.17 bits per heavy atom. The fourth-order valence-electron chi connectivity index (χ4n) is 2.84. The first-order valence-corrected chi connectivity index (χ1v) is 11.5. The molecule has 2 aromatic carbocycles. The maximum absolute atomic E-state index is 12.6. The van der Waals surface area contributed by atoms with Gasteiger partial charge in [0.1, 0.15) is 0 Å². The number of amides is 1. The number of morpholine rings is 1. The Morgan fingerprint density at radius 3 is 2.45 bits per heavy atom. The summed E-state index contributed by atoms with van der Waals surface area (Å²) in [5, 5.41) is 0.460. The fourth-order valence-corrected chi connectivity index (χ4v) is 5.05. The molecule has 29 heavy (non-hydrogen) atoms. The Labute approximate surface area is 183 Å². The van der Waals surface area contributed by atoms with Gasteiger partial charge in [-0.15, -0.1) is 0 Å². The lowest BCUT2D eigenvalue weighted by atomic mass is 10.2. The second-order valence-electron chi connectivity index (χ2n) is 6.41. The molecule has 1 heterocycles. The van der Waals surface area contributed by atoms with Crippen molar-refractivity contribution >= 4 is 55.2 Å². The molecule has 0 N–H and O–H groups in total. The number of ether oxygens (including phenoxy) is 1. The van der Waals surface area contributed by atoms with Gasteiger partial charge < -0.3 is 9.64 Å². The van der Waals surface area contributed by atoms with E-state index in [1.165, 1.54) is 15.3 Å². The number of halogens is 2. The molecule has 154 valence electrons. The summed E-state index contributed by atoms with van der Waals surface area (Å²) in [6.07, 6.45) is 3.06. The van der Waals surface area contributed by atoms with Crippen molar-refractivity contribution in [3.05, 3.63) is 63.6 Å². The number of anilines is 1. The molecule has 0 aromatic heterocycles. The van der Waals surface area contributed by atoms with Gasteiger partial charge in [-0.25, -0.2) is 8.42 Å². The molecule has 0 unspecified atom stereocenters. The van der Waals surface area contributed by atoms with E-state index < -0.39 is 10.0 Å². The number of hydrogen-bond donors (Lipinski definition) is 0. The lowest BCUT2D eigenvalue weighted by molar-refractivity contribution is -0.113. The van der Waals surface area contributed by atoms with Gasteiger partial charge in [0, 0.05) is 30.7 Å². The average Bonchev–Trinajstić information content (AvgIpc) is 2.72. The largest absolute Gasteiger partial charge is 0.379 e. The van der Waals surface area contributed by atoms with E-state index in [4.69, 9.17) is 16.3 Å². The Kier molecular flexibility index (Phi) is 7.13. The summed E-state index contributed by atoms with van der Waals surface area (Å²) in [4.78, 5) is 14.1. The molecule has 0 aliphatic carbocycles. The van der Waals surface area contributed by atoms with E-state index in [9.17, 15) is 13.2 Å². The first-order chi connectivity index (χ1) is 13.8. The molecular formula is C20H20BrClN2O4S. The van der Waals surface area contributed by atoms with Crippen LogP contribution in [0.5, 0.6) is 0 Å². The van der Waals surface area contributed by atoms with Gasteiger partial charge in [-0.3, -0.25) is 4.79 Å². The van der Waals surface area contributed by atoms with Gasteiger partial charge in [0.15, 0.2) is 0 Å². The average molecular weight is 500 g/mol. The molecule has 1 aliphatic heterocycles. The second kappa shape index (κ2) is 9.40. The van der Waals surface area contributed by atoms with Crippen LogP contribution in [0.4, 0.5) is 5.69 Å². The molecule has 0 radical (unpaired) electrons. The van der Waals surface area contributed by atoms with E-state index in [1.807, 2.05) is 6.07 Å². The molecular weight excluding hydrogens is 480 g/mol. The van der Waals surface area contributed by atoms with Crippen LogP contribution >= 0.6 is 27.5 Å². The molecule has 6 nitrogen and oxygen atoms in total. The van der Waals surface area contributed by atoms with Crippen molar-refractivity contribution in [2.75, 3.05) is 38.3 Å². The summed E-state index contributed by atoms with van der Waals surface area (Å²) in [5.41, 5.74) is 1.31. The normalized spacial score (nSPS) is 15.6. The molecule has 2 aromatic rings. The van der Waals surface area contributed by atoms with Gasteiger partial charge in [0.25, 0.3) is 5.91 Å². The first-order valence-electron chi connectivity index (χ1n) is 8.88. The molecule has 3 rings (SSSR count). The number of hydrogen-bond acceptors (Lipinski definition) is 4. The van der Waals surface area contributed by atoms with E-state index in [0.717, 1.165) is 10.0 Å². The van der Waals surface area contributed by atoms with E-state index in [0.29, 0.717) is 37.0 Å². The van der Waals surface area contributed by atoms with Crippen LogP contribution in [0.3, 0.4) is 0 Å². The summed E-state index contributed by atoms with van der Waals surface area (Å²) in [5.74, 6) is -0.251. The van der Waals surface area contributed by atoms with Gasteiger partial charge in [-0.2, -0.15) is 4.31 Å². The lowest BCUT2D eigenvalue weighted by Gasteiger charge is -2.26. The fraction of sp³-hybridized carbons (Fsp3) is 0.250. The van der Waals surface area contributed by atoms with Crippen molar-refractivity contribution in [2.45, 2.75) is 4.90 Å². The minimum absolute atomic E-state index is 0.224. The Morgan fingerprint density at radius 2 is 1.83 bits per heavy atom. The van der Waals surface area contributed by atoms with Gasteiger partial charge in [0.2, 0.25) is 10.0 Å². The zero-order valence-electron chi connectivity index (χ0n) is 15.7. The van der Waals surface area contributed by atoms with Crippen molar-refractivity contribution in [3.63, 3.8) is 0 Å². The molecule has 0 bridgehead atoms. The topological polar surface area (TPSA) is 66.9 Å². The summed E-state index contributed by atoms with van der Waals surface area (Å²) < 4.78 is 32.7. The third-order valence-electron chi connectivity index (χ3n) is 4.51. The molecule has 9 heteroatoms. The van der Waals surface area contributed by atoms with Crippen LogP contribution in [-0.4, -0.2) is 52.0 Å². The highest BCUT2D eigenvalue weighted by Crippen LogP contribution is 2.28. The molecule has 0 atom stereocenters. The van der Waals surface area contributed by atoms with Gasteiger partial charge in [-0.05, 0) is 42.0 Å². The smallest absolute Gasteiger partial charge is 0.250 e. The van der Waals surface area contributed by atoms with Gasteiger partial charge >= 0.3 is 0 Å². The predicted octanol–water partition coefficient (Wildman–Crippen LogP) is 3.80. The van der Waals surface area contributed by atoms with Gasteiger partial charge in [-0.1, -0.05) is 39.7 Å². The lowest BCUT2D eigenvalue weighted by Crippen LogP contribution is -2.40. The number of sulfonamides is 1. The van der Waals surface area contributed by atoms with Crippen LogP contribution in [-0.2, 0) is 19.6 Å². The van der Waals surface area contributed by atoms with E-state index >= 15 is 0 Å². The van der Waals surface area contributed by atoms with E-state index in [2.05, 4.69) is 15.9 Å². The summed E-state index contributed by atoms with van der Waals surface area (Å²) in [7, 11) is -1.89. The maximum atomic E-state index is 12.6. The monoisotopic (exact) mass is 498 g/mol. The number of nitrogens with zero attached hydrogens (tertiary/aromatic N) is 2. The molecule has 0 spiro atoms. The third kappa shape index (κ3) is 5.26. The highest BCUT2D eigenvalue weighted by molar-refractivity contribution is 9.10. The van der Waals surface area contributed by atoms with Crippen molar-refractivity contribution in [1.82, 2.24) is 4.31 Å². The summed E-state index contributed by atoms with van der Waals surface area (Å²) in [6, 6.07) is 11.7.